The van der Waals surface area contributed by atoms with Crippen molar-refractivity contribution in [2.24, 2.45) is 5.10 Å². The molecule has 0 radical (unpaired) electrons. The van der Waals surface area contributed by atoms with Gasteiger partial charge in [-0.1, -0.05) is 0 Å². The molecule has 0 heterocycles. The van der Waals surface area contributed by atoms with E-state index in [1.54, 1.807) is 0 Å². The number of anilines is 1. The summed E-state index contributed by atoms with van der Waals surface area (Å²) in [6, 6.07) is 4.06. The maximum Gasteiger partial charge on any atom is 0.416 e. The van der Waals surface area contributed by atoms with Crippen LogP contribution < -0.4 is 5.43 Å². The monoisotopic (exact) mass is 232 g/mol. The molecule has 2 N–H and O–H groups in total. The number of nitrogens with one attached hydrogen (secondary N) is 1. The maximum atomic E-state index is 12.1. The van der Waals surface area contributed by atoms with E-state index in [4.69, 9.17) is 5.11 Å². The lowest BCUT2D eigenvalue weighted by molar-refractivity contribution is -0.137. The van der Waals surface area contributed by atoms with E-state index in [9.17, 15) is 18.0 Å². The number of hydrogen-bond donors (Lipinski definition) is 2. The molecule has 0 spiro atoms. The molecule has 16 heavy (non-hydrogen) atoms. The van der Waals surface area contributed by atoms with Gasteiger partial charge >= 0.3 is 12.1 Å². The lowest BCUT2D eigenvalue weighted by Gasteiger charge is -2.06. The van der Waals surface area contributed by atoms with Crippen molar-refractivity contribution in [3.05, 3.63) is 29.8 Å². The fourth-order valence-electron chi connectivity index (χ4n) is 0.896. The van der Waals surface area contributed by atoms with Crippen LogP contribution in [0.25, 0.3) is 0 Å². The van der Waals surface area contributed by atoms with Crippen LogP contribution in [0.1, 0.15) is 5.56 Å². The molecule has 0 aliphatic carbocycles. The largest absolute Gasteiger partial charge is 0.477 e. The number of hydrogen-bond acceptors (Lipinski definition) is 3. The van der Waals surface area contributed by atoms with E-state index < -0.39 is 17.7 Å². The quantitative estimate of drug-likeness (QED) is 0.620. The Kier molecular flexibility index (Phi) is 3.49. The zero-order valence-corrected chi connectivity index (χ0v) is 7.82. The Labute approximate surface area is 88.4 Å². The van der Waals surface area contributed by atoms with Gasteiger partial charge in [0.05, 0.1) is 11.3 Å². The molecule has 0 saturated carbocycles. The number of halogens is 3. The van der Waals surface area contributed by atoms with Gasteiger partial charge in [0.25, 0.3) is 0 Å². The number of aliphatic carboxylic acids is 1. The fourth-order valence-corrected chi connectivity index (χ4v) is 0.896. The second-order valence-electron chi connectivity index (χ2n) is 2.78. The highest BCUT2D eigenvalue weighted by Gasteiger charge is 2.29. The van der Waals surface area contributed by atoms with Gasteiger partial charge in [0.2, 0.25) is 0 Å². The Morgan fingerprint density at radius 3 is 2.31 bits per heavy atom. The Morgan fingerprint density at radius 2 is 1.88 bits per heavy atom. The second kappa shape index (κ2) is 4.65. The van der Waals surface area contributed by atoms with Crippen LogP contribution in [0.3, 0.4) is 0 Å². The summed E-state index contributed by atoms with van der Waals surface area (Å²) in [5, 5.41) is 11.5. The van der Waals surface area contributed by atoms with Crippen molar-refractivity contribution in [3.8, 4) is 0 Å². The minimum Gasteiger partial charge on any atom is -0.477 e. The molecule has 0 unspecified atom stereocenters. The molecule has 0 amide bonds. The minimum atomic E-state index is -4.39. The van der Waals surface area contributed by atoms with Gasteiger partial charge in [-0.05, 0) is 24.3 Å². The molecule has 0 fully saturated rings. The van der Waals surface area contributed by atoms with Crippen LogP contribution in [0.4, 0.5) is 18.9 Å². The summed E-state index contributed by atoms with van der Waals surface area (Å²) in [5.74, 6) is -1.25. The minimum absolute atomic E-state index is 0.269. The normalized spacial score (nSPS) is 11.7. The molecule has 0 saturated heterocycles. The van der Waals surface area contributed by atoms with Crippen molar-refractivity contribution < 1.29 is 23.1 Å². The smallest absolute Gasteiger partial charge is 0.416 e. The Hall–Kier alpha value is -2.05. The summed E-state index contributed by atoms with van der Waals surface area (Å²) in [4.78, 5) is 10.0. The summed E-state index contributed by atoms with van der Waals surface area (Å²) in [6.45, 7) is 0. The zero-order chi connectivity index (χ0) is 12.2. The maximum absolute atomic E-state index is 12.1. The molecule has 1 aromatic rings. The highest BCUT2D eigenvalue weighted by Crippen LogP contribution is 2.29. The van der Waals surface area contributed by atoms with Crippen LogP contribution in [0.5, 0.6) is 0 Å². The standard InChI is InChI=1S/C9H7F3N2O2/c10-9(11,12)6-1-3-7(4-2-6)14-13-5-8(15)16/h1-5,14H,(H,15,16)/b13-5+. The number of alkyl halides is 3. The molecule has 4 nitrogen and oxygen atoms in total. The van der Waals surface area contributed by atoms with Gasteiger partial charge in [-0.2, -0.15) is 18.3 Å². The van der Waals surface area contributed by atoms with E-state index in [0.29, 0.717) is 6.21 Å². The fraction of sp³-hybridized carbons (Fsp3) is 0.111. The van der Waals surface area contributed by atoms with E-state index in [2.05, 4.69) is 10.5 Å². The molecular weight excluding hydrogens is 225 g/mol. The van der Waals surface area contributed by atoms with Crippen LogP contribution in [0.2, 0.25) is 0 Å². The molecule has 0 aliphatic rings. The van der Waals surface area contributed by atoms with Crippen molar-refractivity contribution in [2.45, 2.75) is 6.18 Å². The molecular formula is C9H7F3N2O2. The topological polar surface area (TPSA) is 61.7 Å². The predicted octanol–water partition coefficient (Wildman–Crippen LogP) is 2.19. The number of carboxylic acid groups (broad SMARTS) is 1. The van der Waals surface area contributed by atoms with Crippen molar-refractivity contribution in [1.29, 1.82) is 0 Å². The first kappa shape index (κ1) is 12.0. The molecule has 1 rings (SSSR count). The summed E-state index contributed by atoms with van der Waals surface area (Å²) in [6.07, 6.45) is -3.79. The third kappa shape index (κ3) is 3.60. The number of carbonyl (C=O) groups is 1. The molecule has 0 atom stereocenters. The number of hydrazone groups is 1. The average molecular weight is 232 g/mol. The first-order chi connectivity index (χ1) is 7.39. The van der Waals surface area contributed by atoms with E-state index in [-0.39, 0.29) is 5.69 Å². The van der Waals surface area contributed by atoms with Gasteiger partial charge in [0.15, 0.2) is 0 Å². The third-order valence-electron chi connectivity index (χ3n) is 1.58. The van der Waals surface area contributed by atoms with Crippen LogP contribution in [-0.2, 0) is 11.0 Å². The van der Waals surface area contributed by atoms with Gasteiger partial charge in [0, 0.05) is 0 Å². The van der Waals surface area contributed by atoms with E-state index in [1.165, 1.54) is 0 Å². The number of nitrogens with zero attached hydrogens (tertiary/aromatic N) is 1. The molecule has 1 aromatic carbocycles. The summed E-state index contributed by atoms with van der Waals surface area (Å²) in [7, 11) is 0. The molecule has 0 aromatic heterocycles. The van der Waals surface area contributed by atoms with Crippen LogP contribution in [0.15, 0.2) is 29.4 Å². The third-order valence-corrected chi connectivity index (χ3v) is 1.58. The van der Waals surface area contributed by atoms with Gasteiger partial charge < -0.3 is 5.11 Å². The van der Waals surface area contributed by atoms with Crippen molar-refractivity contribution in [3.63, 3.8) is 0 Å². The molecule has 0 aliphatic heterocycles. The first-order valence-electron chi connectivity index (χ1n) is 4.09. The van der Waals surface area contributed by atoms with Gasteiger partial charge in [-0.25, -0.2) is 4.79 Å². The summed E-state index contributed by atoms with van der Waals surface area (Å²) >= 11 is 0. The number of carboxylic acids is 1. The highest BCUT2D eigenvalue weighted by atomic mass is 19.4. The van der Waals surface area contributed by atoms with E-state index >= 15 is 0 Å². The van der Waals surface area contributed by atoms with Crippen molar-refractivity contribution in [1.82, 2.24) is 0 Å². The zero-order valence-electron chi connectivity index (χ0n) is 7.82. The van der Waals surface area contributed by atoms with Gasteiger partial charge in [-0.3, -0.25) is 5.43 Å². The van der Waals surface area contributed by atoms with Gasteiger partial charge in [-0.15, -0.1) is 0 Å². The Bertz CT molecular complexity index is 398. The Morgan fingerprint density at radius 1 is 1.31 bits per heavy atom. The van der Waals surface area contributed by atoms with Gasteiger partial charge in [0.1, 0.15) is 6.21 Å². The second-order valence-corrected chi connectivity index (χ2v) is 2.78. The first-order valence-corrected chi connectivity index (χ1v) is 4.09. The van der Waals surface area contributed by atoms with Crippen molar-refractivity contribution in [2.75, 3.05) is 5.43 Å². The SMILES string of the molecule is O=C(O)/C=N/Nc1ccc(C(F)(F)F)cc1. The lowest BCUT2D eigenvalue weighted by atomic mass is 10.2. The summed E-state index contributed by atoms with van der Waals surface area (Å²) in [5.41, 5.74) is 1.77. The van der Waals surface area contributed by atoms with Crippen LogP contribution in [0, 0.1) is 0 Å². The van der Waals surface area contributed by atoms with Crippen LogP contribution in [-0.4, -0.2) is 17.3 Å². The van der Waals surface area contributed by atoms with E-state index in [0.717, 1.165) is 24.3 Å². The van der Waals surface area contributed by atoms with E-state index in [1.807, 2.05) is 0 Å². The molecule has 0 bridgehead atoms. The number of benzene rings is 1. The Balaban J connectivity index is 2.69. The number of rotatable bonds is 3. The summed E-state index contributed by atoms with van der Waals surface area (Å²) < 4.78 is 36.4. The predicted molar refractivity (Wildman–Crippen MR) is 51.2 cm³/mol. The average Bonchev–Trinajstić information content (AvgIpc) is 2.16. The van der Waals surface area contributed by atoms with Crippen molar-refractivity contribution >= 4 is 17.9 Å². The molecule has 86 valence electrons. The molecule has 7 heteroatoms. The lowest BCUT2D eigenvalue weighted by Crippen LogP contribution is -2.04. The van der Waals surface area contributed by atoms with Crippen LogP contribution >= 0.6 is 0 Å². The highest BCUT2D eigenvalue weighted by molar-refractivity contribution is 6.22.